The number of hydrogen-bond donors (Lipinski definition) is 1. The molecule has 1 aromatic carbocycles. The second-order valence-electron chi connectivity index (χ2n) is 4.01. The van der Waals surface area contributed by atoms with Crippen LogP contribution in [-0.2, 0) is 9.47 Å². The fraction of sp³-hybridized carbons (Fsp3) is 0.462. The number of rotatable bonds is 6. The van der Waals surface area contributed by atoms with Crippen molar-refractivity contribution in [2.75, 3.05) is 26.1 Å². The van der Waals surface area contributed by atoms with Crippen molar-refractivity contribution in [1.29, 1.82) is 0 Å². The lowest BCUT2D eigenvalue weighted by Gasteiger charge is -2.15. The maximum atomic E-state index is 13.4. The minimum atomic E-state index is -0.680. The van der Waals surface area contributed by atoms with E-state index >= 15 is 0 Å². The molecule has 0 heterocycles. The number of anilines is 1. The maximum absolute atomic E-state index is 13.4. The van der Waals surface area contributed by atoms with Crippen molar-refractivity contribution in [3.63, 3.8) is 0 Å². The van der Waals surface area contributed by atoms with Crippen LogP contribution in [0.5, 0.6) is 0 Å². The van der Waals surface area contributed by atoms with Gasteiger partial charge in [0, 0.05) is 25.4 Å². The molecule has 0 radical (unpaired) electrons. The molecule has 0 aromatic heterocycles. The number of ether oxygens (including phenoxy) is 2. The highest BCUT2D eigenvalue weighted by Crippen LogP contribution is 2.17. The number of nitrogens with one attached hydrogen (secondary N) is 1. The van der Waals surface area contributed by atoms with E-state index in [2.05, 4.69) is 10.1 Å². The van der Waals surface area contributed by atoms with Gasteiger partial charge in [-0.25, -0.2) is 9.18 Å². The van der Waals surface area contributed by atoms with Crippen molar-refractivity contribution >= 4 is 11.7 Å². The van der Waals surface area contributed by atoms with Crippen LogP contribution in [0.15, 0.2) is 18.2 Å². The summed E-state index contributed by atoms with van der Waals surface area (Å²) in [6, 6.07) is 4.45. The molecule has 0 bridgehead atoms. The van der Waals surface area contributed by atoms with Crippen LogP contribution in [0, 0.1) is 5.82 Å². The standard InChI is InChI=1S/C13H18FNO3/c1-9(6-7-17-2)15-10-4-5-12(14)11(8-10)13(16)18-3/h4-5,8-9,15H,6-7H2,1-3H3. The molecule has 0 aliphatic rings. The highest BCUT2D eigenvalue weighted by atomic mass is 19.1. The lowest BCUT2D eigenvalue weighted by molar-refractivity contribution is 0.0595. The molecular formula is C13H18FNO3. The van der Waals surface area contributed by atoms with E-state index in [1.54, 1.807) is 13.2 Å². The van der Waals surface area contributed by atoms with Crippen LogP contribution in [0.2, 0.25) is 0 Å². The lowest BCUT2D eigenvalue weighted by atomic mass is 10.1. The fourth-order valence-corrected chi connectivity index (χ4v) is 1.53. The van der Waals surface area contributed by atoms with E-state index in [1.807, 2.05) is 6.92 Å². The highest BCUT2D eigenvalue weighted by Gasteiger charge is 2.13. The van der Waals surface area contributed by atoms with Crippen molar-refractivity contribution in [1.82, 2.24) is 0 Å². The highest BCUT2D eigenvalue weighted by molar-refractivity contribution is 5.90. The van der Waals surface area contributed by atoms with Gasteiger partial charge in [-0.3, -0.25) is 0 Å². The number of halogens is 1. The predicted octanol–water partition coefficient (Wildman–Crippen LogP) is 2.45. The first-order valence-corrected chi connectivity index (χ1v) is 5.71. The first kappa shape index (κ1) is 14.4. The van der Waals surface area contributed by atoms with Gasteiger partial charge in [0.15, 0.2) is 0 Å². The van der Waals surface area contributed by atoms with Gasteiger partial charge in [0.25, 0.3) is 0 Å². The molecule has 0 saturated carbocycles. The van der Waals surface area contributed by atoms with Gasteiger partial charge >= 0.3 is 5.97 Å². The molecule has 0 amide bonds. The van der Waals surface area contributed by atoms with Gasteiger partial charge in [-0.15, -0.1) is 0 Å². The summed E-state index contributed by atoms with van der Waals surface area (Å²) in [5.41, 5.74) is 0.613. The quantitative estimate of drug-likeness (QED) is 0.793. The Kier molecular flexibility index (Phi) is 5.58. The Balaban J connectivity index is 2.75. The molecule has 18 heavy (non-hydrogen) atoms. The topological polar surface area (TPSA) is 47.6 Å². The molecular weight excluding hydrogens is 237 g/mol. The van der Waals surface area contributed by atoms with E-state index in [0.717, 1.165) is 6.42 Å². The first-order chi connectivity index (χ1) is 8.58. The van der Waals surface area contributed by atoms with E-state index in [1.165, 1.54) is 19.2 Å². The third-order valence-electron chi connectivity index (χ3n) is 2.54. The average molecular weight is 255 g/mol. The molecule has 100 valence electrons. The van der Waals surface area contributed by atoms with Gasteiger partial charge in [-0.1, -0.05) is 0 Å². The van der Waals surface area contributed by atoms with Crippen molar-refractivity contribution in [2.45, 2.75) is 19.4 Å². The number of methoxy groups -OCH3 is 2. The molecule has 0 aliphatic carbocycles. The van der Waals surface area contributed by atoms with Crippen molar-refractivity contribution < 1.29 is 18.7 Å². The zero-order chi connectivity index (χ0) is 13.5. The summed E-state index contributed by atoms with van der Waals surface area (Å²) in [6.45, 7) is 2.62. The summed E-state index contributed by atoms with van der Waals surface area (Å²) < 4.78 is 22.9. The Labute approximate surface area is 106 Å². The van der Waals surface area contributed by atoms with E-state index in [4.69, 9.17) is 4.74 Å². The second kappa shape index (κ2) is 6.96. The van der Waals surface area contributed by atoms with Gasteiger partial charge in [-0.05, 0) is 31.5 Å². The number of hydrogen-bond acceptors (Lipinski definition) is 4. The predicted molar refractivity (Wildman–Crippen MR) is 67.3 cm³/mol. The minimum absolute atomic E-state index is 0.0681. The Morgan fingerprint density at radius 3 is 2.78 bits per heavy atom. The molecule has 4 nitrogen and oxygen atoms in total. The third kappa shape index (κ3) is 4.00. The SMILES string of the molecule is COCCC(C)Nc1ccc(F)c(C(=O)OC)c1. The maximum Gasteiger partial charge on any atom is 0.340 e. The molecule has 5 heteroatoms. The summed E-state index contributed by atoms with van der Waals surface area (Å²) in [7, 11) is 2.86. The van der Waals surface area contributed by atoms with E-state index in [-0.39, 0.29) is 11.6 Å². The van der Waals surface area contributed by atoms with Crippen LogP contribution in [0.4, 0.5) is 10.1 Å². The molecule has 1 N–H and O–H groups in total. The van der Waals surface area contributed by atoms with E-state index < -0.39 is 11.8 Å². The normalized spacial score (nSPS) is 12.0. The van der Waals surface area contributed by atoms with Gasteiger partial charge in [0.1, 0.15) is 5.82 Å². The lowest BCUT2D eigenvalue weighted by Crippen LogP contribution is -2.17. The van der Waals surface area contributed by atoms with Crippen LogP contribution >= 0.6 is 0 Å². The summed E-state index contributed by atoms with van der Waals surface area (Å²) in [5.74, 6) is -1.27. The number of benzene rings is 1. The summed E-state index contributed by atoms with van der Waals surface area (Å²) in [5, 5.41) is 3.17. The largest absolute Gasteiger partial charge is 0.465 e. The molecule has 0 fully saturated rings. The van der Waals surface area contributed by atoms with Gasteiger partial charge in [0.05, 0.1) is 12.7 Å². The Morgan fingerprint density at radius 2 is 2.17 bits per heavy atom. The van der Waals surface area contributed by atoms with Crippen molar-refractivity contribution in [3.8, 4) is 0 Å². The Morgan fingerprint density at radius 1 is 1.44 bits per heavy atom. The van der Waals surface area contributed by atoms with Gasteiger partial charge < -0.3 is 14.8 Å². The second-order valence-corrected chi connectivity index (χ2v) is 4.01. The van der Waals surface area contributed by atoms with Gasteiger partial charge in [0.2, 0.25) is 0 Å². The fourth-order valence-electron chi connectivity index (χ4n) is 1.53. The van der Waals surface area contributed by atoms with Crippen molar-refractivity contribution in [3.05, 3.63) is 29.6 Å². The zero-order valence-corrected chi connectivity index (χ0v) is 10.8. The number of esters is 1. The van der Waals surface area contributed by atoms with E-state index in [0.29, 0.717) is 12.3 Å². The minimum Gasteiger partial charge on any atom is -0.465 e. The molecule has 1 atom stereocenters. The van der Waals surface area contributed by atoms with Crippen LogP contribution in [0.3, 0.4) is 0 Å². The molecule has 1 aromatic rings. The Bertz CT molecular complexity index is 409. The summed E-state index contributed by atoms with van der Waals surface area (Å²) >= 11 is 0. The molecule has 1 unspecified atom stereocenters. The molecule has 0 spiro atoms. The Hall–Kier alpha value is -1.62. The van der Waals surface area contributed by atoms with Gasteiger partial charge in [-0.2, -0.15) is 0 Å². The molecule has 0 saturated heterocycles. The average Bonchev–Trinajstić information content (AvgIpc) is 2.37. The summed E-state index contributed by atoms with van der Waals surface area (Å²) in [6.07, 6.45) is 0.821. The monoisotopic (exact) mass is 255 g/mol. The third-order valence-corrected chi connectivity index (χ3v) is 2.54. The summed E-state index contributed by atoms with van der Waals surface area (Å²) in [4.78, 5) is 11.3. The number of carbonyl (C=O) groups is 1. The van der Waals surface area contributed by atoms with Crippen LogP contribution in [0.1, 0.15) is 23.7 Å². The van der Waals surface area contributed by atoms with Crippen LogP contribution < -0.4 is 5.32 Å². The zero-order valence-electron chi connectivity index (χ0n) is 10.8. The molecule has 1 rings (SSSR count). The van der Waals surface area contributed by atoms with Crippen LogP contribution in [0.25, 0.3) is 0 Å². The first-order valence-electron chi connectivity index (χ1n) is 5.71. The smallest absolute Gasteiger partial charge is 0.340 e. The molecule has 0 aliphatic heterocycles. The number of carbonyl (C=O) groups excluding carboxylic acids is 1. The van der Waals surface area contributed by atoms with E-state index in [9.17, 15) is 9.18 Å². The van der Waals surface area contributed by atoms with Crippen molar-refractivity contribution in [2.24, 2.45) is 0 Å². The van der Waals surface area contributed by atoms with Crippen LogP contribution in [-0.4, -0.2) is 32.8 Å².